The second-order valence-electron chi connectivity index (χ2n) is 2.74. The molecular formula is C8H15Br2N3O. The van der Waals surface area contributed by atoms with Crippen LogP contribution in [0.5, 0.6) is 0 Å². The number of carbonyl (C=O) groups excluding carboxylic acids is 1. The third-order valence-corrected chi connectivity index (χ3v) is 2.84. The Hall–Kier alpha value is -0.0700. The van der Waals surface area contributed by atoms with Crippen molar-refractivity contribution in [3.8, 4) is 0 Å². The molecule has 0 unspecified atom stereocenters. The zero-order valence-electron chi connectivity index (χ0n) is 7.88. The summed E-state index contributed by atoms with van der Waals surface area (Å²) in [7, 11) is 0. The minimum atomic E-state index is 0.525. The summed E-state index contributed by atoms with van der Waals surface area (Å²) in [5, 5.41) is 2.78. The Balaban J connectivity index is 4.17. The zero-order chi connectivity index (χ0) is 11.0. The molecule has 0 saturated carbocycles. The molecule has 0 radical (unpaired) electrons. The quantitative estimate of drug-likeness (QED) is 0.241. The van der Waals surface area contributed by atoms with Crippen LogP contribution in [0, 0.1) is 0 Å². The molecule has 4 N–H and O–H groups in total. The summed E-state index contributed by atoms with van der Waals surface area (Å²) in [6.07, 6.45) is 2.16. The molecular weight excluding hydrogens is 314 g/mol. The van der Waals surface area contributed by atoms with Gasteiger partial charge in [-0.05, 0) is 6.42 Å². The summed E-state index contributed by atoms with van der Waals surface area (Å²) < 4.78 is 0. The van der Waals surface area contributed by atoms with Crippen LogP contribution in [0.3, 0.4) is 0 Å². The molecule has 0 saturated heterocycles. The first-order valence-electron chi connectivity index (χ1n) is 4.22. The van der Waals surface area contributed by atoms with Crippen LogP contribution in [0.1, 0.15) is 12.8 Å². The SMILES string of the molecule is N/C(CBr)=C(/CBr)N(N)CCCC=O. The van der Waals surface area contributed by atoms with Gasteiger partial charge in [-0.1, -0.05) is 31.9 Å². The molecule has 0 aliphatic carbocycles. The van der Waals surface area contributed by atoms with E-state index < -0.39 is 0 Å². The molecule has 6 heteroatoms. The minimum Gasteiger partial charge on any atom is -0.400 e. The summed E-state index contributed by atoms with van der Waals surface area (Å²) >= 11 is 6.58. The number of carbonyl (C=O) groups is 1. The van der Waals surface area contributed by atoms with Crippen molar-refractivity contribution in [2.24, 2.45) is 11.6 Å². The summed E-state index contributed by atoms with van der Waals surface area (Å²) in [5.41, 5.74) is 7.30. The van der Waals surface area contributed by atoms with E-state index in [4.69, 9.17) is 11.6 Å². The molecule has 0 aromatic heterocycles. The summed E-state index contributed by atoms with van der Waals surface area (Å²) in [4.78, 5) is 10.1. The molecule has 0 spiro atoms. The van der Waals surface area contributed by atoms with Crippen LogP contribution < -0.4 is 11.6 Å². The highest BCUT2D eigenvalue weighted by molar-refractivity contribution is 9.09. The van der Waals surface area contributed by atoms with Crippen molar-refractivity contribution in [3.05, 3.63) is 11.4 Å². The van der Waals surface area contributed by atoms with Crippen LogP contribution in [0.15, 0.2) is 11.4 Å². The van der Waals surface area contributed by atoms with Gasteiger partial charge < -0.3 is 15.5 Å². The smallest absolute Gasteiger partial charge is 0.120 e. The van der Waals surface area contributed by atoms with Crippen LogP contribution in [-0.4, -0.2) is 28.5 Å². The highest BCUT2D eigenvalue weighted by Gasteiger charge is 2.07. The summed E-state index contributed by atoms with van der Waals surface area (Å²) in [6, 6.07) is 0. The Bertz CT molecular complexity index is 209. The first kappa shape index (κ1) is 13.9. The Morgan fingerprint density at radius 1 is 1.36 bits per heavy atom. The molecule has 0 aliphatic heterocycles. The van der Waals surface area contributed by atoms with E-state index >= 15 is 0 Å². The van der Waals surface area contributed by atoms with E-state index in [1.54, 1.807) is 5.01 Å². The van der Waals surface area contributed by atoms with Gasteiger partial charge in [-0.2, -0.15) is 0 Å². The van der Waals surface area contributed by atoms with Crippen molar-refractivity contribution in [2.75, 3.05) is 17.2 Å². The van der Waals surface area contributed by atoms with Crippen LogP contribution in [-0.2, 0) is 4.79 Å². The second-order valence-corrected chi connectivity index (χ2v) is 3.86. The maximum atomic E-state index is 10.1. The molecule has 0 atom stereocenters. The largest absolute Gasteiger partial charge is 0.400 e. The lowest BCUT2D eigenvalue weighted by Crippen LogP contribution is -2.34. The Morgan fingerprint density at radius 2 is 2.00 bits per heavy atom. The first-order valence-corrected chi connectivity index (χ1v) is 6.47. The maximum Gasteiger partial charge on any atom is 0.120 e. The number of alkyl halides is 2. The minimum absolute atomic E-state index is 0.525. The second kappa shape index (κ2) is 8.26. The maximum absolute atomic E-state index is 10.1. The normalized spacial score (nSPS) is 12.2. The van der Waals surface area contributed by atoms with Gasteiger partial charge in [-0.25, -0.2) is 5.84 Å². The molecule has 0 aliphatic rings. The molecule has 0 heterocycles. The fraction of sp³-hybridized carbons (Fsp3) is 0.625. The topological polar surface area (TPSA) is 72.3 Å². The van der Waals surface area contributed by atoms with E-state index in [9.17, 15) is 4.79 Å². The number of hydrazine groups is 1. The van der Waals surface area contributed by atoms with E-state index in [1.165, 1.54) is 0 Å². The lowest BCUT2D eigenvalue weighted by Gasteiger charge is -2.21. The van der Waals surface area contributed by atoms with Crippen molar-refractivity contribution in [1.82, 2.24) is 5.01 Å². The fourth-order valence-electron chi connectivity index (χ4n) is 0.904. The van der Waals surface area contributed by atoms with Crippen molar-refractivity contribution in [3.63, 3.8) is 0 Å². The van der Waals surface area contributed by atoms with Crippen molar-refractivity contribution < 1.29 is 4.79 Å². The third-order valence-electron chi connectivity index (χ3n) is 1.71. The predicted molar refractivity (Wildman–Crippen MR) is 65.0 cm³/mol. The van der Waals surface area contributed by atoms with E-state index in [0.29, 0.717) is 29.3 Å². The van der Waals surface area contributed by atoms with Gasteiger partial charge in [0.1, 0.15) is 6.29 Å². The van der Waals surface area contributed by atoms with Crippen LogP contribution >= 0.6 is 31.9 Å². The number of aldehydes is 1. The molecule has 0 fully saturated rings. The van der Waals surface area contributed by atoms with E-state index in [2.05, 4.69) is 31.9 Å². The highest BCUT2D eigenvalue weighted by atomic mass is 79.9. The number of nitrogens with zero attached hydrogens (tertiary/aromatic N) is 1. The molecule has 14 heavy (non-hydrogen) atoms. The number of nitrogens with two attached hydrogens (primary N) is 2. The van der Waals surface area contributed by atoms with Crippen LogP contribution in [0.25, 0.3) is 0 Å². The van der Waals surface area contributed by atoms with Crippen LogP contribution in [0.2, 0.25) is 0 Å². The van der Waals surface area contributed by atoms with Crippen LogP contribution in [0.4, 0.5) is 0 Å². The van der Waals surface area contributed by atoms with E-state index in [1.807, 2.05) is 0 Å². The Morgan fingerprint density at radius 3 is 2.43 bits per heavy atom. The molecule has 0 aromatic carbocycles. The number of allylic oxidation sites excluding steroid dienone is 2. The van der Waals surface area contributed by atoms with Gasteiger partial charge in [0.05, 0.1) is 5.70 Å². The molecule has 0 bridgehead atoms. The third kappa shape index (κ3) is 4.97. The van der Waals surface area contributed by atoms with Crippen molar-refractivity contribution in [2.45, 2.75) is 12.8 Å². The van der Waals surface area contributed by atoms with Crippen molar-refractivity contribution in [1.29, 1.82) is 0 Å². The van der Waals surface area contributed by atoms with E-state index in [0.717, 1.165) is 18.4 Å². The zero-order valence-corrected chi connectivity index (χ0v) is 11.1. The molecule has 0 amide bonds. The molecule has 82 valence electrons. The lowest BCUT2D eigenvalue weighted by atomic mass is 10.3. The van der Waals surface area contributed by atoms with Gasteiger partial charge in [0.25, 0.3) is 0 Å². The highest BCUT2D eigenvalue weighted by Crippen LogP contribution is 2.09. The average Bonchev–Trinajstić information content (AvgIpc) is 2.19. The summed E-state index contributed by atoms with van der Waals surface area (Å²) in [6.45, 7) is 0.632. The number of unbranched alkanes of at least 4 members (excludes halogenated alkanes) is 1. The van der Waals surface area contributed by atoms with Gasteiger partial charge in [-0.3, -0.25) is 0 Å². The van der Waals surface area contributed by atoms with E-state index in [-0.39, 0.29) is 0 Å². The summed E-state index contributed by atoms with van der Waals surface area (Å²) in [5.74, 6) is 5.77. The fourth-order valence-corrected chi connectivity index (χ4v) is 1.91. The van der Waals surface area contributed by atoms with Crippen molar-refractivity contribution >= 4 is 38.1 Å². The number of halogens is 2. The van der Waals surface area contributed by atoms with Gasteiger partial charge in [0.15, 0.2) is 0 Å². The number of hydrogen-bond acceptors (Lipinski definition) is 4. The van der Waals surface area contributed by atoms with Gasteiger partial charge in [0.2, 0.25) is 0 Å². The monoisotopic (exact) mass is 327 g/mol. The first-order chi connectivity index (χ1) is 6.67. The molecule has 0 aromatic rings. The lowest BCUT2D eigenvalue weighted by molar-refractivity contribution is -0.107. The standard InChI is InChI=1S/C8H15Br2N3O/c9-5-7(11)8(6-10)13(12)3-1-2-4-14/h4H,1-3,5-6,11-12H2/b8-7-. The molecule has 0 rings (SSSR count). The Labute approximate surface area is 101 Å². The molecule has 4 nitrogen and oxygen atoms in total. The average molecular weight is 329 g/mol. The number of rotatable bonds is 7. The predicted octanol–water partition coefficient (Wildman–Crippen LogP) is 1.10. The Kier molecular flexibility index (Phi) is 8.21. The number of hydrogen-bond donors (Lipinski definition) is 2. The van der Waals surface area contributed by atoms with Gasteiger partial charge >= 0.3 is 0 Å². The van der Waals surface area contributed by atoms with Gasteiger partial charge in [-0.15, -0.1) is 0 Å². The van der Waals surface area contributed by atoms with Gasteiger partial charge in [0, 0.05) is 29.3 Å².